The van der Waals surface area contributed by atoms with Crippen molar-refractivity contribution in [1.29, 1.82) is 0 Å². The zero-order chi connectivity index (χ0) is 15.9. The van der Waals surface area contributed by atoms with Gasteiger partial charge in [-0.05, 0) is 37.3 Å². The summed E-state index contributed by atoms with van der Waals surface area (Å²) < 4.78 is 0. The van der Waals surface area contributed by atoms with E-state index in [2.05, 4.69) is 5.32 Å². The van der Waals surface area contributed by atoms with E-state index in [-0.39, 0.29) is 17.9 Å². The first-order valence-corrected chi connectivity index (χ1v) is 8.21. The molecule has 0 atom stereocenters. The Labute approximate surface area is 132 Å². The molecule has 1 saturated heterocycles. The van der Waals surface area contributed by atoms with Gasteiger partial charge in [0.25, 0.3) is 0 Å². The van der Waals surface area contributed by atoms with Crippen molar-refractivity contribution in [2.45, 2.75) is 52.0 Å². The highest BCUT2D eigenvalue weighted by molar-refractivity contribution is 5.79. The summed E-state index contributed by atoms with van der Waals surface area (Å²) in [6, 6.07) is 8.18. The van der Waals surface area contributed by atoms with Gasteiger partial charge in [-0.2, -0.15) is 0 Å². The molecule has 1 heterocycles. The van der Waals surface area contributed by atoms with Crippen molar-refractivity contribution >= 4 is 11.8 Å². The Morgan fingerprint density at radius 1 is 1.23 bits per heavy atom. The molecule has 4 heteroatoms. The van der Waals surface area contributed by atoms with E-state index in [1.54, 1.807) is 0 Å². The number of nitrogens with zero attached hydrogens (tertiary/aromatic N) is 1. The fraction of sp³-hybridized carbons (Fsp3) is 0.556. The van der Waals surface area contributed by atoms with Crippen molar-refractivity contribution in [1.82, 2.24) is 10.2 Å². The smallest absolute Gasteiger partial charge is 0.224 e. The van der Waals surface area contributed by atoms with Crippen LogP contribution in [0.15, 0.2) is 24.3 Å². The average Bonchev–Trinajstić information content (AvgIpc) is 2.50. The summed E-state index contributed by atoms with van der Waals surface area (Å²) in [5, 5.41) is 3.11. The fourth-order valence-corrected chi connectivity index (χ4v) is 2.91. The molecule has 1 N–H and O–H groups in total. The summed E-state index contributed by atoms with van der Waals surface area (Å²) in [7, 11) is 0. The molecule has 0 aliphatic carbocycles. The van der Waals surface area contributed by atoms with Crippen LogP contribution in [-0.4, -0.2) is 35.8 Å². The minimum atomic E-state index is 0.0765. The zero-order valence-electron chi connectivity index (χ0n) is 13.6. The third-order valence-corrected chi connectivity index (χ3v) is 4.29. The van der Waals surface area contributed by atoms with Crippen LogP contribution in [0.3, 0.4) is 0 Å². The third-order valence-electron chi connectivity index (χ3n) is 4.29. The molecular weight excluding hydrogens is 276 g/mol. The van der Waals surface area contributed by atoms with Crippen molar-refractivity contribution < 1.29 is 9.59 Å². The Morgan fingerprint density at radius 3 is 2.55 bits per heavy atom. The maximum absolute atomic E-state index is 12.2. The van der Waals surface area contributed by atoms with E-state index in [0.29, 0.717) is 12.8 Å². The lowest BCUT2D eigenvalue weighted by atomic mass is 10.0. The summed E-state index contributed by atoms with van der Waals surface area (Å²) in [5.74, 6) is 0.319. The van der Waals surface area contributed by atoms with Gasteiger partial charge in [0.05, 0.1) is 6.42 Å². The van der Waals surface area contributed by atoms with E-state index in [9.17, 15) is 9.59 Å². The van der Waals surface area contributed by atoms with Gasteiger partial charge in [0, 0.05) is 25.6 Å². The second-order valence-electron chi connectivity index (χ2n) is 6.08. The molecule has 2 rings (SSSR count). The number of piperidine rings is 1. The number of rotatable bonds is 5. The van der Waals surface area contributed by atoms with E-state index in [1.165, 1.54) is 0 Å². The normalized spacial score (nSPS) is 15.6. The minimum absolute atomic E-state index is 0.0765. The van der Waals surface area contributed by atoms with Gasteiger partial charge in [-0.3, -0.25) is 9.59 Å². The first-order chi connectivity index (χ1) is 10.6. The number of aryl methyl sites for hydroxylation is 1. The van der Waals surface area contributed by atoms with Crippen LogP contribution in [0.25, 0.3) is 0 Å². The number of amides is 2. The molecule has 1 aliphatic rings. The Kier molecular flexibility index (Phi) is 5.99. The Balaban J connectivity index is 1.77. The zero-order valence-corrected chi connectivity index (χ0v) is 13.6. The molecule has 1 aliphatic heterocycles. The van der Waals surface area contributed by atoms with Gasteiger partial charge in [0.1, 0.15) is 0 Å². The van der Waals surface area contributed by atoms with E-state index >= 15 is 0 Å². The molecule has 0 unspecified atom stereocenters. The van der Waals surface area contributed by atoms with Crippen LogP contribution in [-0.2, 0) is 16.0 Å². The summed E-state index contributed by atoms with van der Waals surface area (Å²) in [5.41, 5.74) is 2.23. The average molecular weight is 302 g/mol. The van der Waals surface area contributed by atoms with Crippen molar-refractivity contribution in [2.24, 2.45) is 0 Å². The number of likely N-dealkylation sites (tertiary alicyclic amines) is 1. The SMILES string of the molecule is CCCC(=O)N1CCC(NC(=O)Cc2ccccc2C)CC1. The number of nitrogens with one attached hydrogen (secondary N) is 1. The molecule has 2 amide bonds. The molecule has 0 saturated carbocycles. The lowest BCUT2D eigenvalue weighted by Gasteiger charge is -2.32. The van der Waals surface area contributed by atoms with Crippen molar-refractivity contribution in [3.05, 3.63) is 35.4 Å². The predicted octanol–water partition coefficient (Wildman–Crippen LogP) is 2.44. The largest absolute Gasteiger partial charge is 0.353 e. The van der Waals surface area contributed by atoms with Crippen LogP contribution in [0, 0.1) is 6.92 Å². The molecule has 1 fully saturated rings. The first-order valence-electron chi connectivity index (χ1n) is 8.21. The van der Waals surface area contributed by atoms with Crippen LogP contribution in [0.1, 0.15) is 43.7 Å². The number of hydrogen-bond donors (Lipinski definition) is 1. The Bertz CT molecular complexity index is 520. The standard InChI is InChI=1S/C18H26N2O2/c1-3-6-18(22)20-11-9-16(10-12-20)19-17(21)13-15-8-5-4-7-14(15)2/h4-5,7-8,16H,3,6,9-13H2,1-2H3,(H,19,21). The number of carbonyl (C=O) groups excluding carboxylic acids is 2. The number of hydrogen-bond acceptors (Lipinski definition) is 2. The van der Waals surface area contributed by atoms with Crippen molar-refractivity contribution in [3.63, 3.8) is 0 Å². The van der Waals surface area contributed by atoms with Gasteiger partial charge in [-0.25, -0.2) is 0 Å². The maximum atomic E-state index is 12.2. The molecule has 0 radical (unpaired) electrons. The number of carbonyl (C=O) groups is 2. The lowest BCUT2D eigenvalue weighted by Crippen LogP contribution is -2.46. The molecular formula is C18H26N2O2. The van der Waals surface area contributed by atoms with Gasteiger partial charge < -0.3 is 10.2 Å². The summed E-state index contributed by atoms with van der Waals surface area (Å²) in [6.07, 6.45) is 3.67. The van der Waals surface area contributed by atoms with Crippen LogP contribution in [0.5, 0.6) is 0 Å². The number of benzene rings is 1. The summed E-state index contributed by atoms with van der Waals surface area (Å²) in [4.78, 5) is 25.9. The van der Waals surface area contributed by atoms with Gasteiger partial charge in [0.15, 0.2) is 0 Å². The monoisotopic (exact) mass is 302 g/mol. The van der Waals surface area contributed by atoms with Crippen LogP contribution >= 0.6 is 0 Å². The molecule has 22 heavy (non-hydrogen) atoms. The molecule has 0 bridgehead atoms. The van der Waals surface area contributed by atoms with Crippen molar-refractivity contribution in [2.75, 3.05) is 13.1 Å². The first kappa shape index (κ1) is 16.5. The van der Waals surface area contributed by atoms with Gasteiger partial charge in [-0.1, -0.05) is 31.2 Å². The summed E-state index contributed by atoms with van der Waals surface area (Å²) in [6.45, 7) is 5.57. The molecule has 1 aromatic rings. The lowest BCUT2D eigenvalue weighted by molar-refractivity contribution is -0.132. The highest BCUT2D eigenvalue weighted by Crippen LogP contribution is 2.13. The molecule has 120 valence electrons. The van der Waals surface area contributed by atoms with Crippen LogP contribution in [0.2, 0.25) is 0 Å². The van der Waals surface area contributed by atoms with E-state index in [1.807, 2.05) is 43.0 Å². The maximum Gasteiger partial charge on any atom is 0.224 e. The molecule has 0 spiro atoms. The second kappa shape index (κ2) is 7.97. The van der Waals surface area contributed by atoms with E-state index in [0.717, 1.165) is 43.5 Å². The quantitative estimate of drug-likeness (QED) is 0.908. The van der Waals surface area contributed by atoms with Crippen LogP contribution in [0.4, 0.5) is 0 Å². The highest BCUT2D eigenvalue weighted by Gasteiger charge is 2.23. The molecule has 0 aromatic heterocycles. The predicted molar refractivity (Wildman–Crippen MR) is 87.5 cm³/mol. The Hall–Kier alpha value is -1.84. The van der Waals surface area contributed by atoms with E-state index < -0.39 is 0 Å². The summed E-state index contributed by atoms with van der Waals surface area (Å²) >= 11 is 0. The van der Waals surface area contributed by atoms with Crippen LogP contribution < -0.4 is 5.32 Å². The minimum Gasteiger partial charge on any atom is -0.353 e. The fourth-order valence-electron chi connectivity index (χ4n) is 2.91. The van der Waals surface area contributed by atoms with Gasteiger partial charge in [-0.15, -0.1) is 0 Å². The van der Waals surface area contributed by atoms with E-state index in [4.69, 9.17) is 0 Å². The topological polar surface area (TPSA) is 49.4 Å². The van der Waals surface area contributed by atoms with Gasteiger partial charge >= 0.3 is 0 Å². The van der Waals surface area contributed by atoms with Gasteiger partial charge in [0.2, 0.25) is 11.8 Å². The van der Waals surface area contributed by atoms with Crippen molar-refractivity contribution in [3.8, 4) is 0 Å². The second-order valence-corrected chi connectivity index (χ2v) is 6.08. The third kappa shape index (κ3) is 4.58. The Morgan fingerprint density at radius 2 is 1.91 bits per heavy atom. The highest BCUT2D eigenvalue weighted by atomic mass is 16.2. The molecule has 4 nitrogen and oxygen atoms in total. The molecule has 1 aromatic carbocycles.